The molecule has 2 heterocycles. The highest BCUT2D eigenvalue weighted by Gasteiger charge is 2.32. The lowest BCUT2D eigenvalue weighted by molar-refractivity contribution is -0.121. The van der Waals surface area contributed by atoms with Crippen molar-refractivity contribution in [3.05, 3.63) is 71.6 Å². The molecule has 1 aromatic heterocycles. The maximum absolute atomic E-state index is 13.9. The Morgan fingerprint density at radius 3 is 2.73 bits per heavy atom. The second-order valence-corrected chi connectivity index (χ2v) is 7.82. The summed E-state index contributed by atoms with van der Waals surface area (Å²) in [5.41, 5.74) is 0.948. The molecule has 1 atom stereocenters. The summed E-state index contributed by atoms with van der Waals surface area (Å²) in [6, 6.07) is 12.7. The first-order chi connectivity index (χ1) is 14.6. The van der Waals surface area contributed by atoms with Gasteiger partial charge in [-0.05, 0) is 24.1 Å². The van der Waals surface area contributed by atoms with Crippen LogP contribution in [0.4, 0.5) is 8.78 Å². The summed E-state index contributed by atoms with van der Waals surface area (Å²) >= 11 is 1.49. The number of benzene rings is 2. The average molecular weight is 430 g/mol. The number of amides is 1. The molecule has 4 rings (SSSR count). The molecule has 156 valence electrons. The van der Waals surface area contributed by atoms with Crippen LogP contribution < -0.4 is 9.75 Å². The van der Waals surface area contributed by atoms with Crippen LogP contribution in [0.3, 0.4) is 0 Å². The number of rotatable bonds is 6. The Bertz CT molecular complexity index is 1040. The van der Waals surface area contributed by atoms with E-state index in [0.717, 1.165) is 17.7 Å². The summed E-state index contributed by atoms with van der Waals surface area (Å²) in [5.74, 6) is -0.858. The van der Waals surface area contributed by atoms with Crippen LogP contribution in [0.5, 0.6) is 5.75 Å². The zero-order valence-corrected chi connectivity index (χ0v) is 17.1. The zero-order chi connectivity index (χ0) is 21.1. The van der Waals surface area contributed by atoms with Crippen LogP contribution in [0.15, 0.2) is 53.7 Å². The summed E-state index contributed by atoms with van der Waals surface area (Å²) in [6.45, 7) is 2.36. The molecular formula is C21H20F2N4O2S. The summed E-state index contributed by atoms with van der Waals surface area (Å²) in [4.78, 5) is 13.4. The van der Waals surface area contributed by atoms with Gasteiger partial charge in [0.25, 0.3) is 0 Å². The highest BCUT2D eigenvalue weighted by Crippen LogP contribution is 2.28. The van der Waals surface area contributed by atoms with E-state index >= 15 is 0 Å². The highest BCUT2D eigenvalue weighted by molar-refractivity contribution is 7.99. The first-order valence-electron chi connectivity index (χ1n) is 9.60. The second-order valence-electron chi connectivity index (χ2n) is 6.76. The first-order valence-corrected chi connectivity index (χ1v) is 10.6. The first kappa shape index (κ1) is 20.3. The molecule has 0 fully saturated rings. The normalized spacial score (nSPS) is 14.3. The molecular weight excluding hydrogens is 410 g/mol. The topological polar surface area (TPSA) is 60.3 Å². The van der Waals surface area contributed by atoms with Gasteiger partial charge in [0, 0.05) is 11.8 Å². The lowest BCUT2D eigenvalue weighted by Gasteiger charge is -2.32. The van der Waals surface area contributed by atoms with Crippen LogP contribution in [-0.4, -0.2) is 33.1 Å². The molecule has 1 unspecified atom stereocenters. The van der Waals surface area contributed by atoms with Crippen LogP contribution in [0.2, 0.25) is 0 Å². The van der Waals surface area contributed by atoms with Gasteiger partial charge in [0.2, 0.25) is 11.1 Å². The number of nitrogens with zero attached hydrogens (tertiary/aromatic N) is 4. The average Bonchev–Trinajstić information content (AvgIpc) is 3.17. The molecule has 1 amide bonds. The summed E-state index contributed by atoms with van der Waals surface area (Å²) < 4.78 is 34.1. The van der Waals surface area contributed by atoms with Gasteiger partial charge in [0.1, 0.15) is 12.4 Å². The molecule has 6 nitrogen and oxygen atoms in total. The Morgan fingerprint density at radius 2 is 2.00 bits per heavy atom. The molecule has 0 bridgehead atoms. The second kappa shape index (κ2) is 8.83. The largest absolute Gasteiger partial charge is 0.482 e. The molecule has 1 aliphatic rings. The van der Waals surface area contributed by atoms with E-state index in [9.17, 15) is 13.6 Å². The van der Waals surface area contributed by atoms with Gasteiger partial charge in [0.05, 0.1) is 12.5 Å². The maximum Gasteiger partial charge on any atom is 0.249 e. The number of ether oxygens (including phenoxy) is 1. The molecule has 0 radical (unpaired) electrons. The van der Waals surface area contributed by atoms with Crippen molar-refractivity contribution >= 4 is 17.7 Å². The fourth-order valence-corrected chi connectivity index (χ4v) is 4.27. The number of hydrogen-bond acceptors (Lipinski definition) is 5. The zero-order valence-electron chi connectivity index (χ0n) is 16.3. The molecule has 0 saturated carbocycles. The van der Waals surface area contributed by atoms with Crippen molar-refractivity contribution in [2.45, 2.75) is 31.0 Å². The SMILES string of the molecule is CCC(C(=O)N1CCSc2nnc(COc3ccc(F)cc3F)n21)c1ccccc1. The van der Waals surface area contributed by atoms with Gasteiger partial charge in [-0.1, -0.05) is 49.0 Å². The van der Waals surface area contributed by atoms with Crippen molar-refractivity contribution in [2.24, 2.45) is 0 Å². The Morgan fingerprint density at radius 1 is 1.20 bits per heavy atom. The van der Waals surface area contributed by atoms with E-state index in [0.29, 0.717) is 29.7 Å². The van der Waals surface area contributed by atoms with Crippen LogP contribution in [0.25, 0.3) is 0 Å². The van der Waals surface area contributed by atoms with Gasteiger partial charge in [0.15, 0.2) is 17.4 Å². The lowest BCUT2D eigenvalue weighted by atomic mass is 9.95. The van der Waals surface area contributed by atoms with E-state index in [2.05, 4.69) is 10.2 Å². The van der Waals surface area contributed by atoms with Gasteiger partial charge >= 0.3 is 0 Å². The standard InChI is InChI=1S/C21H20F2N4O2S/c1-2-16(14-6-4-3-5-7-14)20(28)26-10-11-30-21-25-24-19(27(21)26)13-29-18-9-8-15(22)12-17(18)23/h3-9,12,16H,2,10-11,13H2,1H3. The highest BCUT2D eigenvalue weighted by atomic mass is 32.2. The van der Waals surface area contributed by atoms with Gasteiger partial charge in [-0.3, -0.25) is 4.79 Å². The van der Waals surface area contributed by atoms with Crippen LogP contribution >= 0.6 is 11.8 Å². The molecule has 0 saturated heterocycles. The third-order valence-corrected chi connectivity index (χ3v) is 5.77. The van der Waals surface area contributed by atoms with E-state index in [-0.39, 0.29) is 24.2 Å². The van der Waals surface area contributed by atoms with Crippen LogP contribution in [0.1, 0.15) is 30.7 Å². The minimum Gasteiger partial charge on any atom is -0.482 e. The monoisotopic (exact) mass is 430 g/mol. The smallest absolute Gasteiger partial charge is 0.249 e. The Kier molecular flexibility index (Phi) is 5.98. The van der Waals surface area contributed by atoms with Crippen LogP contribution in [0, 0.1) is 11.6 Å². The number of carbonyl (C=O) groups excluding carboxylic acids is 1. The van der Waals surface area contributed by atoms with Crippen molar-refractivity contribution < 1.29 is 18.3 Å². The molecule has 1 aliphatic heterocycles. The van der Waals surface area contributed by atoms with E-state index in [4.69, 9.17) is 4.74 Å². The van der Waals surface area contributed by atoms with E-state index in [1.165, 1.54) is 17.8 Å². The lowest BCUT2D eigenvalue weighted by Crippen LogP contribution is -2.48. The van der Waals surface area contributed by atoms with Crippen molar-refractivity contribution in [1.82, 2.24) is 14.9 Å². The van der Waals surface area contributed by atoms with Gasteiger partial charge in [-0.25, -0.2) is 18.5 Å². The molecule has 0 aliphatic carbocycles. The number of fused-ring (bicyclic) bond motifs is 1. The van der Waals surface area contributed by atoms with Gasteiger partial charge in [-0.15, -0.1) is 10.2 Å². The fraction of sp³-hybridized carbons (Fsp3) is 0.286. The van der Waals surface area contributed by atoms with Crippen molar-refractivity contribution in [3.63, 3.8) is 0 Å². The molecule has 2 aromatic carbocycles. The predicted octanol–water partition coefficient (Wildman–Crippen LogP) is 3.90. The summed E-state index contributed by atoms with van der Waals surface area (Å²) in [7, 11) is 0. The van der Waals surface area contributed by atoms with Gasteiger partial charge < -0.3 is 4.74 Å². The Hall–Kier alpha value is -2.94. The molecule has 9 heteroatoms. The minimum atomic E-state index is -0.800. The van der Waals surface area contributed by atoms with Crippen LogP contribution in [-0.2, 0) is 11.4 Å². The van der Waals surface area contributed by atoms with E-state index in [1.54, 1.807) is 9.69 Å². The fourth-order valence-electron chi connectivity index (χ4n) is 3.40. The number of carbonyl (C=O) groups is 1. The van der Waals surface area contributed by atoms with E-state index in [1.807, 2.05) is 37.3 Å². The maximum atomic E-state index is 13.9. The number of aromatic nitrogens is 3. The molecule has 30 heavy (non-hydrogen) atoms. The summed E-state index contributed by atoms with van der Waals surface area (Å²) in [5, 5.41) is 10.5. The third kappa shape index (κ3) is 4.02. The van der Waals surface area contributed by atoms with Crippen molar-refractivity contribution in [1.29, 1.82) is 0 Å². The number of halogens is 2. The Labute approximate surface area is 176 Å². The molecule has 0 N–H and O–H groups in total. The quantitative estimate of drug-likeness (QED) is 0.594. The van der Waals surface area contributed by atoms with Gasteiger partial charge in [-0.2, -0.15) is 0 Å². The minimum absolute atomic E-state index is 0.0562. The summed E-state index contributed by atoms with van der Waals surface area (Å²) in [6.07, 6.45) is 0.649. The predicted molar refractivity (Wildman–Crippen MR) is 109 cm³/mol. The number of thioether (sulfide) groups is 1. The third-order valence-electron chi connectivity index (χ3n) is 4.87. The van der Waals surface area contributed by atoms with E-state index < -0.39 is 11.6 Å². The molecule has 3 aromatic rings. The molecule has 0 spiro atoms. The number of hydrogen-bond donors (Lipinski definition) is 0. The van der Waals surface area contributed by atoms with Crippen molar-refractivity contribution in [3.8, 4) is 5.75 Å². The van der Waals surface area contributed by atoms with Crippen molar-refractivity contribution in [2.75, 3.05) is 17.3 Å². The Balaban J connectivity index is 1.59.